The lowest BCUT2D eigenvalue weighted by Gasteiger charge is -2.34. The average molecular weight is 467 g/mol. The van der Waals surface area contributed by atoms with Crippen LogP contribution in [-0.2, 0) is 27.4 Å². The number of halogens is 3. The van der Waals surface area contributed by atoms with Gasteiger partial charge in [-0.05, 0) is 0 Å². The van der Waals surface area contributed by atoms with Gasteiger partial charge in [0.05, 0.1) is 0 Å². The van der Waals surface area contributed by atoms with Gasteiger partial charge in [-0.1, -0.05) is 0 Å². The van der Waals surface area contributed by atoms with Gasteiger partial charge in [-0.3, -0.25) is 4.79 Å². The zero-order valence-electron chi connectivity index (χ0n) is 15.5. The van der Waals surface area contributed by atoms with Gasteiger partial charge in [0.1, 0.15) is 6.54 Å². The predicted octanol–water partition coefficient (Wildman–Crippen LogP) is 0.809. The molecule has 0 radical (unpaired) electrons. The molecule has 0 aliphatic carbocycles. The summed E-state index contributed by atoms with van der Waals surface area (Å²) >= 11 is 1.15. The van der Waals surface area contributed by atoms with Gasteiger partial charge in [-0.15, -0.1) is 11.3 Å². The summed E-state index contributed by atoms with van der Waals surface area (Å²) < 4.78 is 62.8. The average Bonchev–Trinajstić information content (AvgIpc) is 3.28. The van der Waals surface area contributed by atoms with E-state index in [1.165, 1.54) is 10.3 Å². The Kier molecular flexibility index (Phi) is 5.77. The molecule has 0 unspecified atom stereocenters. The van der Waals surface area contributed by atoms with E-state index in [9.17, 15) is 31.2 Å². The summed E-state index contributed by atoms with van der Waals surface area (Å²) in [5, 5.41) is 13.4. The van der Waals surface area contributed by atoms with Gasteiger partial charge in [0.25, 0.3) is 0 Å². The maximum atomic E-state index is 12.9. The maximum absolute atomic E-state index is 12.9. The van der Waals surface area contributed by atoms with Gasteiger partial charge in [0.15, 0.2) is 31.4 Å². The number of aromatic carboxylic acids is 1. The van der Waals surface area contributed by atoms with Gasteiger partial charge in [-0.25, -0.2) is 22.9 Å². The molecule has 3 rings (SSSR count). The van der Waals surface area contributed by atoms with Crippen molar-refractivity contribution in [3.8, 4) is 0 Å². The Bertz CT molecular complexity index is 1070. The highest BCUT2D eigenvalue weighted by atomic mass is 32.2. The molecule has 0 atom stereocenters. The number of carboxylic acids is 1. The number of sulfone groups is 1. The van der Waals surface area contributed by atoms with Crippen molar-refractivity contribution in [3.63, 3.8) is 0 Å². The zero-order valence-corrected chi connectivity index (χ0v) is 17.1. The minimum Gasteiger partial charge on any atom is -0.476 e. The lowest BCUT2D eigenvalue weighted by molar-refractivity contribution is -0.142. The Morgan fingerprint density at radius 2 is 1.87 bits per heavy atom. The van der Waals surface area contributed by atoms with E-state index in [4.69, 9.17) is 5.11 Å². The number of nitrogens with zero attached hydrogens (tertiary/aromatic N) is 5. The number of piperazine rings is 1. The number of carbonyl (C=O) groups is 2. The van der Waals surface area contributed by atoms with E-state index < -0.39 is 45.2 Å². The topological polar surface area (TPSA) is 126 Å². The maximum Gasteiger partial charge on any atom is 0.435 e. The van der Waals surface area contributed by atoms with E-state index in [1.54, 1.807) is 4.90 Å². The first-order valence-corrected chi connectivity index (χ1v) is 11.2. The monoisotopic (exact) mass is 467 g/mol. The molecule has 3 heterocycles. The molecule has 1 N–H and O–H groups in total. The van der Waals surface area contributed by atoms with E-state index in [-0.39, 0.29) is 18.8 Å². The molecule has 1 amide bonds. The second kappa shape index (κ2) is 7.86. The van der Waals surface area contributed by atoms with E-state index in [2.05, 4.69) is 10.1 Å². The molecule has 15 heteroatoms. The van der Waals surface area contributed by atoms with Crippen molar-refractivity contribution in [3.05, 3.63) is 22.8 Å². The SMILES string of the molecule is CS(=O)(=O)c1cc(C(F)(F)F)nn1CC(=O)N1CCN(c2nc(C(=O)O)cs2)CC1. The number of rotatable bonds is 5. The molecule has 0 aromatic carbocycles. The van der Waals surface area contributed by atoms with Crippen molar-refractivity contribution in [2.75, 3.05) is 37.3 Å². The zero-order chi connectivity index (χ0) is 22.3. The molecule has 2 aromatic heterocycles. The lowest BCUT2D eigenvalue weighted by atomic mass is 10.3. The number of alkyl halides is 3. The smallest absolute Gasteiger partial charge is 0.435 e. The third-order valence-corrected chi connectivity index (χ3v) is 6.30. The number of carboxylic acid groups (broad SMARTS) is 1. The summed E-state index contributed by atoms with van der Waals surface area (Å²) in [5.41, 5.74) is -1.47. The first-order chi connectivity index (χ1) is 13.9. The van der Waals surface area contributed by atoms with Crippen LogP contribution in [-0.4, -0.2) is 77.5 Å². The van der Waals surface area contributed by atoms with Crippen LogP contribution in [0, 0.1) is 0 Å². The second-order valence-electron chi connectivity index (χ2n) is 6.48. The first-order valence-electron chi connectivity index (χ1n) is 8.43. The minimum absolute atomic E-state index is 0.0824. The molecular weight excluding hydrogens is 451 g/mol. The largest absolute Gasteiger partial charge is 0.476 e. The Balaban J connectivity index is 1.69. The fourth-order valence-corrected chi connectivity index (χ4v) is 4.50. The van der Waals surface area contributed by atoms with Gasteiger partial charge in [0.2, 0.25) is 5.91 Å². The lowest BCUT2D eigenvalue weighted by Crippen LogP contribution is -2.49. The molecule has 10 nitrogen and oxygen atoms in total. The van der Waals surface area contributed by atoms with E-state index in [0.717, 1.165) is 17.6 Å². The Morgan fingerprint density at radius 3 is 2.37 bits per heavy atom. The van der Waals surface area contributed by atoms with Crippen LogP contribution in [0.25, 0.3) is 0 Å². The molecule has 2 aromatic rings. The molecule has 1 aliphatic rings. The van der Waals surface area contributed by atoms with Crippen LogP contribution >= 0.6 is 11.3 Å². The first kappa shape index (κ1) is 22.0. The Labute approximate surface area is 172 Å². The van der Waals surface area contributed by atoms with Gasteiger partial charge in [0, 0.05) is 43.9 Å². The number of hydrogen-bond acceptors (Lipinski definition) is 8. The van der Waals surface area contributed by atoms with Crippen LogP contribution in [0.3, 0.4) is 0 Å². The fraction of sp³-hybridized carbons (Fsp3) is 0.467. The standard InChI is InChI=1S/C15H16F3N5O5S2/c1-30(27,28)12-6-10(15(16,17)18)20-23(12)7-11(24)21-2-4-22(5-3-21)14-19-9(8-29-14)13(25)26/h6,8H,2-5,7H2,1H3,(H,25,26). The van der Waals surface area contributed by atoms with Crippen LogP contribution in [0.5, 0.6) is 0 Å². The summed E-state index contributed by atoms with van der Waals surface area (Å²) in [6.07, 6.45) is -4.11. The summed E-state index contributed by atoms with van der Waals surface area (Å²) in [5.74, 6) is -1.73. The third-order valence-electron chi connectivity index (χ3n) is 4.31. The highest BCUT2D eigenvalue weighted by Crippen LogP contribution is 2.30. The van der Waals surface area contributed by atoms with Gasteiger partial charge >= 0.3 is 12.1 Å². The summed E-state index contributed by atoms with van der Waals surface area (Å²) in [6, 6.07) is 0.406. The van der Waals surface area contributed by atoms with E-state index >= 15 is 0 Å². The third kappa shape index (κ3) is 4.72. The summed E-state index contributed by atoms with van der Waals surface area (Å²) in [6.45, 7) is 0.443. The van der Waals surface area contributed by atoms with Gasteiger partial charge in [-0.2, -0.15) is 18.3 Å². The molecule has 164 valence electrons. The quantitative estimate of drug-likeness (QED) is 0.685. The molecule has 0 bridgehead atoms. The summed E-state index contributed by atoms with van der Waals surface area (Å²) in [7, 11) is -4.03. The van der Waals surface area contributed by atoms with Crippen molar-refractivity contribution in [2.45, 2.75) is 17.7 Å². The number of aromatic nitrogens is 3. The molecule has 1 aliphatic heterocycles. The van der Waals surface area contributed by atoms with Crippen molar-refractivity contribution in [1.29, 1.82) is 0 Å². The number of thiazole rings is 1. The molecule has 0 saturated carbocycles. The minimum atomic E-state index is -4.85. The fourth-order valence-electron chi connectivity index (χ4n) is 2.83. The molecule has 30 heavy (non-hydrogen) atoms. The number of carbonyl (C=O) groups excluding carboxylic acids is 1. The van der Waals surface area contributed by atoms with Crippen molar-refractivity contribution in [1.82, 2.24) is 19.7 Å². The second-order valence-corrected chi connectivity index (χ2v) is 9.28. The van der Waals surface area contributed by atoms with E-state index in [1.807, 2.05) is 0 Å². The number of amides is 1. The highest BCUT2D eigenvalue weighted by molar-refractivity contribution is 7.90. The molecule has 1 saturated heterocycles. The van der Waals surface area contributed by atoms with Gasteiger partial charge < -0.3 is 14.9 Å². The highest BCUT2D eigenvalue weighted by Gasteiger charge is 2.37. The molecule has 0 spiro atoms. The number of anilines is 1. The Hall–Kier alpha value is -2.68. The summed E-state index contributed by atoms with van der Waals surface area (Å²) in [4.78, 5) is 30.6. The van der Waals surface area contributed by atoms with Crippen molar-refractivity contribution >= 4 is 38.2 Å². The van der Waals surface area contributed by atoms with Crippen LogP contribution in [0.2, 0.25) is 0 Å². The van der Waals surface area contributed by atoms with Crippen LogP contribution in [0.4, 0.5) is 18.3 Å². The molecule has 1 fully saturated rings. The molecular formula is C15H16F3N5O5S2. The van der Waals surface area contributed by atoms with Crippen LogP contribution in [0.15, 0.2) is 16.5 Å². The van der Waals surface area contributed by atoms with Crippen LogP contribution in [0.1, 0.15) is 16.2 Å². The van der Waals surface area contributed by atoms with Crippen molar-refractivity contribution in [2.24, 2.45) is 0 Å². The Morgan fingerprint density at radius 1 is 1.23 bits per heavy atom. The normalized spacial score (nSPS) is 15.5. The van der Waals surface area contributed by atoms with Crippen LogP contribution < -0.4 is 4.90 Å². The van der Waals surface area contributed by atoms with Crippen molar-refractivity contribution < 1.29 is 36.3 Å². The predicted molar refractivity (Wildman–Crippen MR) is 98.2 cm³/mol. The van der Waals surface area contributed by atoms with E-state index in [0.29, 0.717) is 29.0 Å². The number of hydrogen-bond donors (Lipinski definition) is 1.